The maximum atomic E-state index is 12.3. The molecule has 25 heavy (non-hydrogen) atoms. The van der Waals surface area contributed by atoms with Crippen molar-refractivity contribution in [1.82, 2.24) is 9.78 Å². The lowest BCUT2D eigenvalue weighted by Crippen LogP contribution is -2.25. The van der Waals surface area contributed by atoms with Crippen LogP contribution in [0, 0.1) is 0 Å². The van der Waals surface area contributed by atoms with E-state index in [1.807, 2.05) is 36.9 Å². The molecule has 0 unspecified atom stereocenters. The van der Waals surface area contributed by atoms with Gasteiger partial charge in [-0.2, -0.15) is 5.10 Å². The molecule has 2 heterocycles. The molecule has 1 amide bonds. The summed E-state index contributed by atoms with van der Waals surface area (Å²) in [6, 6.07) is 8.53. The van der Waals surface area contributed by atoms with Gasteiger partial charge >= 0.3 is 0 Å². The predicted molar refractivity (Wildman–Crippen MR) is 97.0 cm³/mol. The van der Waals surface area contributed by atoms with Crippen molar-refractivity contribution in [2.24, 2.45) is 0 Å². The third kappa shape index (κ3) is 3.15. The first-order valence-corrected chi connectivity index (χ1v) is 9.25. The van der Waals surface area contributed by atoms with Crippen LogP contribution in [0.25, 0.3) is 0 Å². The summed E-state index contributed by atoms with van der Waals surface area (Å²) in [7, 11) is 0. The van der Waals surface area contributed by atoms with Crippen LogP contribution in [-0.4, -0.2) is 21.8 Å². The summed E-state index contributed by atoms with van der Waals surface area (Å²) in [6.07, 6.45) is 7.35. The molecule has 0 bridgehead atoms. The van der Waals surface area contributed by atoms with E-state index in [-0.39, 0.29) is 17.9 Å². The average Bonchev–Trinajstić information content (AvgIpc) is 3.23. The second-order valence-electron chi connectivity index (χ2n) is 7.37. The van der Waals surface area contributed by atoms with Gasteiger partial charge < -0.3 is 10.1 Å². The normalized spacial score (nSPS) is 20.6. The quantitative estimate of drug-likeness (QED) is 0.905. The van der Waals surface area contributed by atoms with Crippen molar-refractivity contribution < 1.29 is 9.53 Å². The molecule has 5 heteroatoms. The lowest BCUT2D eigenvalue weighted by atomic mass is 9.87. The molecule has 5 nitrogen and oxygen atoms in total. The van der Waals surface area contributed by atoms with Crippen molar-refractivity contribution in [2.75, 3.05) is 5.32 Å². The minimum atomic E-state index is 0.0620. The smallest absolute Gasteiger partial charge is 0.226 e. The molecule has 0 spiro atoms. The summed E-state index contributed by atoms with van der Waals surface area (Å²) in [5, 5.41) is 7.68. The number of hydrogen-bond donors (Lipinski definition) is 1. The summed E-state index contributed by atoms with van der Waals surface area (Å²) in [5.74, 6) is 1.89. The van der Waals surface area contributed by atoms with E-state index in [0.29, 0.717) is 12.5 Å². The number of fused-ring (bicyclic) bond motifs is 1. The van der Waals surface area contributed by atoms with Gasteiger partial charge in [0.2, 0.25) is 5.91 Å². The zero-order valence-corrected chi connectivity index (χ0v) is 14.9. The number of ether oxygens (including phenoxy) is 1. The SMILES string of the molecule is CC(C)Oc1ccc([C@@H]2CC(=O)Nc3c2cnn3C2CCCC2)cc1. The van der Waals surface area contributed by atoms with Gasteiger partial charge in [0.1, 0.15) is 11.6 Å². The van der Waals surface area contributed by atoms with Gasteiger partial charge in [-0.25, -0.2) is 4.68 Å². The van der Waals surface area contributed by atoms with Crippen LogP contribution < -0.4 is 10.1 Å². The number of aromatic nitrogens is 2. The van der Waals surface area contributed by atoms with Crippen LogP contribution in [-0.2, 0) is 4.79 Å². The summed E-state index contributed by atoms with van der Waals surface area (Å²) in [6.45, 7) is 4.03. The minimum Gasteiger partial charge on any atom is -0.491 e. The monoisotopic (exact) mass is 339 g/mol. The van der Waals surface area contributed by atoms with Crippen LogP contribution in [0.5, 0.6) is 5.75 Å². The molecule has 1 fully saturated rings. The molecule has 0 saturated heterocycles. The van der Waals surface area contributed by atoms with Gasteiger partial charge in [-0.1, -0.05) is 25.0 Å². The maximum absolute atomic E-state index is 12.3. The molecule has 1 aliphatic carbocycles. The number of rotatable bonds is 4. The summed E-state index contributed by atoms with van der Waals surface area (Å²) < 4.78 is 7.77. The molecule has 1 aromatic carbocycles. The largest absolute Gasteiger partial charge is 0.491 e. The highest BCUT2D eigenvalue weighted by Crippen LogP contribution is 2.40. The number of hydrogen-bond acceptors (Lipinski definition) is 3. The van der Waals surface area contributed by atoms with Gasteiger partial charge in [0, 0.05) is 17.9 Å². The molecule has 1 N–H and O–H groups in total. The predicted octanol–water partition coefficient (Wildman–Crippen LogP) is 4.26. The van der Waals surface area contributed by atoms with Crippen molar-refractivity contribution in [1.29, 1.82) is 0 Å². The summed E-state index contributed by atoms with van der Waals surface area (Å²) in [4.78, 5) is 12.3. The number of nitrogens with zero attached hydrogens (tertiary/aromatic N) is 2. The van der Waals surface area contributed by atoms with Crippen molar-refractivity contribution in [3.63, 3.8) is 0 Å². The Morgan fingerprint density at radius 2 is 1.92 bits per heavy atom. The van der Waals surface area contributed by atoms with Crippen LogP contribution in [0.15, 0.2) is 30.5 Å². The Morgan fingerprint density at radius 3 is 2.60 bits per heavy atom. The third-order valence-corrected chi connectivity index (χ3v) is 5.17. The average molecular weight is 339 g/mol. The molecule has 1 aliphatic heterocycles. The minimum absolute atomic E-state index is 0.0620. The Labute approximate surface area is 148 Å². The van der Waals surface area contributed by atoms with Crippen molar-refractivity contribution in [2.45, 2.75) is 64.0 Å². The van der Waals surface area contributed by atoms with E-state index in [1.54, 1.807) is 0 Å². The molecule has 2 aromatic rings. The first-order valence-electron chi connectivity index (χ1n) is 9.25. The van der Waals surface area contributed by atoms with E-state index in [4.69, 9.17) is 4.74 Å². The Balaban J connectivity index is 1.64. The van der Waals surface area contributed by atoms with Gasteiger partial charge in [-0.15, -0.1) is 0 Å². The Morgan fingerprint density at radius 1 is 1.20 bits per heavy atom. The number of carbonyl (C=O) groups is 1. The van der Waals surface area contributed by atoms with Crippen LogP contribution in [0.1, 0.15) is 69.0 Å². The number of nitrogens with one attached hydrogen (secondary N) is 1. The zero-order valence-electron chi connectivity index (χ0n) is 14.9. The molecule has 132 valence electrons. The number of amides is 1. The molecule has 2 aliphatic rings. The standard InChI is InChI=1S/C20H25N3O2/c1-13(2)25-16-9-7-14(8-10-16)17-11-19(24)22-20-18(17)12-21-23(20)15-5-3-4-6-15/h7-10,12-13,15,17H,3-6,11H2,1-2H3,(H,22,24)/t17-/m0/s1. The number of carbonyl (C=O) groups excluding carboxylic acids is 1. The van der Waals surface area contributed by atoms with Crippen molar-refractivity contribution in [3.8, 4) is 5.75 Å². The number of anilines is 1. The van der Waals surface area contributed by atoms with Gasteiger partial charge in [0.15, 0.2) is 0 Å². The van der Waals surface area contributed by atoms with Crippen LogP contribution >= 0.6 is 0 Å². The lowest BCUT2D eigenvalue weighted by Gasteiger charge is -2.25. The fourth-order valence-corrected chi connectivity index (χ4v) is 4.01. The van der Waals surface area contributed by atoms with E-state index in [1.165, 1.54) is 12.8 Å². The molecular weight excluding hydrogens is 314 g/mol. The topological polar surface area (TPSA) is 56.1 Å². The van der Waals surface area contributed by atoms with Gasteiger partial charge in [-0.05, 0) is 44.4 Å². The molecule has 4 rings (SSSR count). The zero-order chi connectivity index (χ0) is 17.4. The van der Waals surface area contributed by atoms with Gasteiger partial charge in [-0.3, -0.25) is 4.79 Å². The third-order valence-electron chi connectivity index (χ3n) is 5.17. The maximum Gasteiger partial charge on any atom is 0.226 e. The second kappa shape index (κ2) is 6.54. The van der Waals surface area contributed by atoms with E-state index in [0.717, 1.165) is 35.5 Å². The Kier molecular flexibility index (Phi) is 4.24. The Hall–Kier alpha value is -2.30. The first kappa shape index (κ1) is 16.2. The van der Waals surface area contributed by atoms with Crippen molar-refractivity contribution in [3.05, 3.63) is 41.6 Å². The van der Waals surface area contributed by atoms with E-state index in [9.17, 15) is 4.79 Å². The first-order chi connectivity index (χ1) is 12.1. The fourth-order valence-electron chi connectivity index (χ4n) is 4.01. The molecule has 1 aromatic heterocycles. The van der Waals surface area contributed by atoms with Gasteiger partial charge in [0.25, 0.3) is 0 Å². The fraction of sp³-hybridized carbons (Fsp3) is 0.500. The highest BCUT2D eigenvalue weighted by molar-refractivity contribution is 5.94. The summed E-state index contributed by atoms with van der Waals surface area (Å²) >= 11 is 0. The number of benzene rings is 1. The molecule has 1 atom stereocenters. The summed E-state index contributed by atoms with van der Waals surface area (Å²) in [5.41, 5.74) is 2.27. The molecular formula is C20H25N3O2. The van der Waals surface area contributed by atoms with Crippen molar-refractivity contribution >= 4 is 11.7 Å². The van der Waals surface area contributed by atoms with Crippen LogP contribution in [0.4, 0.5) is 5.82 Å². The van der Waals surface area contributed by atoms with E-state index >= 15 is 0 Å². The van der Waals surface area contributed by atoms with E-state index in [2.05, 4.69) is 22.5 Å². The molecule has 1 saturated carbocycles. The lowest BCUT2D eigenvalue weighted by molar-refractivity contribution is -0.116. The highest BCUT2D eigenvalue weighted by Gasteiger charge is 2.32. The molecule has 0 radical (unpaired) electrons. The second-order valence-corrected chi connectivity index (χ2v) is 7.37. The van der Waals surface area contributed by atoms with Gasteiger partial charge in [0.05, 0.1) is 18.3 Å². The highest BCUT2D eigenvalue weighted by atomic mass is 16.5. The van der Waals surface area contributed by atoms with E-state index < -0.39 is 0 Å². The van der Waals surface area contributed by atoms with Crippen LogP contribution in [0.2, 0.25) is 0 Å². The van der Waals surface area contributed by atoms with Crippen LogP contribution in [0.3, 0.4) is 0 Å². The Bertz CT molecular complexity index is 758.